The number of aromatic amines is 1. The number of fused-ring (bicyclic) bond motifs is 1. The van der Waals surface area contributed by atoms with Gasteiger partial charge >= 0.3 is 5.97 Å². The van der Waals surface area contributed by atoms with E-state index in [0.717, 1.165) is 23.7 Å². The van der Waals surface area contributed by atoms with Gasteiger partial charge in [-0.2, -0.15) is 0 Å². The van der Waals surface area contributed by atoms with E-state index in [1.54, 1.807) is 22.9 Å². The molecule has 2 amide bonds. The molecule has 148 valence electrons. The van der Waals surface area contributed by atoms with Crippen molar-refractivity contribution in [3.63, 3.8) is 0 Å². The van der Waals surface area contributed by atoms with Crippen LogP contribution in [-0.4, -0.2) is 65.4 Å². The van der Waals surface area contributed by atoms with Crippen molar-refractivity contribution < 1.29 is 19.1 Å². The van der Waals surface area contributed by atoms with Gasteiger partial charge in [0.05, 0.1) is 24.0 Å². The fraction of sp³-hybridized carbons (Fsp3) is 0.476. The zero-order chi connectivity index (χ0) is 19.7. The summed E-state index contributed by atoms with van der Waals surface area (Å²) in [7, 11) is 0. The van der Waals surface area contributed by atoms with Crippen molar-refractivity contribution in [1.29, 1.82) is 0 Å². The van der Waals surface area contributed by atoms with Crippen molar-refractivity contribution in [3.05, 3.63) is 36.0 Å². The van der Waals surface area contributed by atoms with Gasteiger partial charge in [0.15, 0.2) is 0 Å². The largest absolute Gasteiger partial charge is 0.466 e. The molecule has 1 aromatic carbocycles. The average molecular weight is 383 g/mol. The zero-order valence-electron chi connectivity index (χ0n) is 16.0. The smallest absolute Gasteiger partial charge is 0.310 e. The molecule has 28 heavy (non-hydrogen) atoms. The number of carbonyl (C=O) groups excluding carboxylic acids is 3. The van der Waals surface area contributed by atoms with Crippen molar-refractivity contribution in [1.82, 2.24) is 14.8 Å². The van der Waals surface area contributed by atoms with E-state index in [1.165, 1.54) is 0 Å². The number of piperidine rings is 1. The molecule has 2 aliphatic heterocycles. The molecule has 1 N–H and O–H groups in total. The lowest BCUT2D eigenvalue weighted by Crippen LogP contribution is -2.57. The third-order valence-electron chi connectivity index (χ3n) is 5.69. The van der Waals surface area contributed by atoms with E-state index in [0.29, 0.717) is 38.3 Å². The van der Waals surface area contributed by atoms with E-state index in [9.17, 15) is 14.4 Å². The highest BCUT2D eigenvalue weighted by Gasteiger charge is 2.40. The Hall–Kier alpha value is -2.83. The SMILES string of the molecule is CCOC(=O)[C@H]1CCCN(C(=O)C2CN(C(=O)c3c[nH]c4ccccc34)C2)C1. The van der Waals surface area contributed by atoms with Crippen LogP contribution >= 0.6 is 0 Å². The summed E-state index contributed by atoms with van der Waals surface area (Å²) in [6.07, 6.45) is 3.30. The molecular weight excluding hydrogens is 358 g/mol. The van der Waals surface area contributed by atoms with Crippen LogP contribution in [0.4, 0.5) is 0 Å². The van der Waals surface area contributed by atoms with E-state index in [-0.39, 0.29) is 29.6 Å². The first-order chi connectivity index (χ1) is 13.6. The van der Waals surface area contributed by atoms with E-state index in [1.807, 2.05) is 24.3 Å². The van der Waals surface area contributed by atoms with Crippen LogP contribution in [0.2, 0.25) is 0 Å². The zero-order valence-corrected chi connectivity index (χ0v) is 16.0. The number of rotatable bonds is 4. The number of nitrogens with one attached hydrogen (secondary N) is 1. The summed E-state index contributed by atoms with van der Waals surface area (Å²) in [6, 6.07) is 7.69. The number of carbonyl (C=O) groups is 3. The van der Waals surface area contributed by atoms with Gasteiger partial charge in [-0.1, -0.05) is 18.2 Å². The number of para-hydroxylation sites is 1. The normalized spacial score (nSPS) is 20.1. The fourth-order valence-corrected chi connectivity index (χ4v) is 4.11. The minimum absolute atomic E-state index is 0.0389. The molecule has 2 fully saturated rings. The number of likely N-dealkylation sites (tertiary alicyclic amines) is 2. The molecule has 7 heteroatoms. The van der Waals surface area contributed by atoms with E-state index in [4.69, 9.17) is 4.74 Å². The molecule has 0 saturated carbocycles. The predicted octanol–water partition coefficient (Wildman–Crippen LogP) is 2.04. The predicted molar refractivity (Wildman–Crippen MR) is 104 cm³/mol. The summed E-state index contributed by atoms with van der Waals surface area (Å²) < 4.78 is 5.10. The molecule has 4 rings (SSSR count). The summed E-state index contributed by atoms with van der Waals surface area (Å²) in [5.41, 5.74) is 1.57. The summed E-state index contributed by atoms with van der Waals surface area (Å²) in [4.78, 5) is 44.2. The standard InChI is InChI=1S/C21H25N3O4/c1-2-28-21(27)14-6-5-9-23(11-14)19(25)15-12-24(13-15)20(26)17-10-22-18-8-4-3-7-16(17)18/h3-4,7-8,10,14-15,22H,2,5-6,9,11-13H2,1H3/t14-/m0/s1. The Morgan fingerprint density at radius 3 is 2.64 bits per heavy atom. The third-order valence-corrected chi connectivity index (χ3v) is 5.69. The molecule has 0 bridgehead atoms. The van der Waals surface area contributed by atoms with Crippen LogP contribution in [0.5, 0.6) is 0 Å². The molecule has 0 unspecified atom stereocenters. The third kappa shape index (κ3) is 3.37. The summed E-state index contributed by atoms with van der Waals surface area (Å²) in [6.45, 7) is 4.09. The molecule has 7 nitrogen and oxygen atoms in total. The number of hydrogen-bond acceptors (Lipinski definition) is 4. The first-order valence-corrected chi connectivity index (χ1v) is 9.89. The number of esters is 1. The van der Waals surface area contributed by atoms with E-state index in [2.05, 4.69) is 4.98 Å². The number of benzene rings is 1. The molecule has 1 atom stereocenters. The van der Waals surface area contributed by atoms with Gasteiger partial charge in [0.1, 0.15) is 0 Å². The van der Waals surface area contributed by atoms with Crippen molar-refractivity contribution in [3.8, 4) is 0 Å². The maximum Gasteiger partial charge on any atom is 0.310 e. The van der Waals surface area contributed by atoms with Crippen LogP contribution in [0, 0.1) is 11.8 Å². The number of hydrogen-bond donors (Lipinski definition) is 1. The van der Waals surface area contributed by atoms with E-state index < -0.39 is 0 Å². The van der Waals surface area contributed by atoms with Crippen LogP contribution in [-0.2, 0) is 14.3 Å². The number of ether oxygens (including phenoxy) is 1. The van der Waals surface area contributed by atoms with Crippen molar-refractivity contribution in [2.75, 3.05) is 32.8 Å². The van der Waals surface area contributed by atoms with Gasteiger partial charge in [-0.15, -0.1) is 0 Å². The Kier molecular flexibility index (Phi) is 5.07. The lowest BCUT2D eigenvalue weighted by Gasteiger charge is -2.42. The number of amides is 2. The van der Waals surface area contributed by atoms with Gasteiger partial charge in [-0.25, -0.2) is 0 Å². The Morgan fingerprint density at radius 1 is 1.11 bits per heavy atom. The second kappa shape index (κ2) is 7.66. The maximum atomic E-state index is 12.8. The van der Waals surface area contributed by atoms with Crippen LogP contribution in [0.25, 0.3) is 10.9 Å². The Labute approximate surface area is 163 Å². The quantitative estimate of drug-likeness (QED) is 0.819. The Bertz CT molecular complexity index is 900. The highest BCUT2D eigenvalue weighted by molar-refractivity contribution is 6.07. The summed E-state index contributed by atoms with van der Waals surface area (Å²) in [5.74, 6) is -0.650. The monoisotopic (exact) mass is 383 g/mol. The molecule has 0 spiro atoms. The Morgan fingerprint density at radius 2 is 1.86 bits per heavy atom. The van der Waals surface area contributed by atoms with Gasteiger partial charge < -0.3 is 19.5 Å². The van der Waals surface area contributed by atoms with Crippen molar-refractivity contribution in [2.24, 2.45) is 11.8 Å². The molecule has 2 saturated heterocycles. The number of H-pyrrole nitrogens is 1. The van der Waals surface area contributed by atoms with Crippen LogP contribution in [0.15, 0.2) is 30.5 Å². The molecule has 0 radical (unpaired) electrons. The molecule has 2 aromatic rings. The Balaban J connectivity index is 1.35. The fourth-order valence-electron chi connectivity index (χ4n) is 4.11. The van der Waals surface area contributed by atoms with Crippen LogP contribution < -0.4 is 0 Å². The molecular formula is C21H25N3O4. The minimum atomic E-state index is -0.235. The van der Waals surface area contributed by atoms with E-state index >= 15 is 0 Å². The molecule has 1 aromatic heterocycles. The highest BCUT2D eigenvalue weighted by Crippen LogP contribution is 2.27. The number of aromatic nitrogens is 1. The summed E-state index contributed by atoms with van der Waals surface area (Å²) >= 11 is 0. The van der Waals surface area contributed by atoms with Crippen LogP contribution in [0.1, 0.15) is 30.1 Å². The van der Waals surface area contributed by atoms with Gasteiger partial charge in [-0.05, 0) is 25.8 Å². The van der Waals surface area contributed by atoms with Gasteiger partial charge in [0, 0.05) is 43.3 Å². The van der Waals surface area contributed by atoms with Crippen LogP contribution in [0.3, 0.4) is 0 Å². The summed E-state index contributed by atoms with van der Waals surface area (Å²) in [5, 5.41) is 0.899. The molecule has 0 aliphatic carbocycles. The number of nitrogens with zero attached hydrogens (tertiary/aromatic N) is 2. The second-order valence-corrected chi connectivity index (χ2v) is 7.53. The maximum absolute atomic E-state index is 12.8. The highest BCUT2D eigenvalue weighted by atomic mass is 16.5. The first-order valence-electron chi connectivity index (χ1n) is 9.89. The lowest BCUT2D eigenvalue weighted by atomic mass is 9.93. The van der Waals surface area contributed by atoms with Gasteiger partial charge in [0.25, 0.3) is 5.91 Å². The van der Waals surface area contributed by atoms with Crippen molar-refractivity contribution in [2.45, 2.75) is 19.8 Å². The minimum Gasteiger partial charge on any atom is -0.466 e. The lowest BCUT2D eigenvalue weighted by molar-refractivity contribution is -0.152. The topological polar surface area (TPSA) is 82.7 Å². The first kappa shape index (κ1) is 18.5. The second-order valence-electron chi connectivity index (χ2n) is 7.53. The molecule has 3 heterocycles. The van der Waals surface area contributed by atoms with Crippen molar-refractivity contribution >= 4 is 28.7 Å². The average Bonchev–Trinajstić information content (AvgIpc) is 3.11. The van der Waals surface area contributed by atoms with Gasteiger partial charge in [-0.3, -0.25) is 14.4 Å². The van der Waals surface area contributed by atoms with Gasteiger partial charge in [0.2, 0.25) is 5.91 Å². The molecule has 2 aliphatic rings.